The summed E-state index contributed by atoms with van der Waals surface area (Å²) in [4.78, 5) is 0. The molecule has 0 radical (unpaired) electrons. The molecule has 0 aliphatic rings. The van der Waals surface area contributed by atoms with Crippen molar-refractivity contribution in [2.45, 2.75) is 33.2 Å². The van der Waals surface area contributed by atoms with E-state index in [0.29, 0.717) is 6.04 Å². The first kappa shape index (κ1) is 11.1. The lowest BCUT2D eigenvalue weighted by Crippen LogP contribution is -2.32. The topological polar surface area (TPSA) is 29.1 Å². The molecule has 0 saturated heterocycles. The maximum Gasteiger partial charge on any atom is 0.0386 e. The zero-order valence-electron chi connectivity index (χ0n) is 7.72. The summed E-state index contributed by atoms with van der Waals surface area (Å²) in [6, 6.07) is 0.399. The molecular formula is C8H19NOS. The van der Waals surface area contributed by atoms with Crippen LogP contribution in [0.25, 0.3) is 0 Å². The monoisotopic (exact) mass is 177 g/mol. The summed E-state index contributed by atoms with van der Waals surface area (Å²) in [5.41, 5.74) is 0. The first-order valence-electron chi connectivity index (χ1n) is 4.29. The molecule has 2 nitrogen and oxygen atoms in total. The van der Waals surface area contributed by atoms with Crippen LogP contribution in [0, 0.1) is 0 Å². The lowest BCUT2D eigenvalue weighted by atomic mass is 10.3. The quantitative estimate of drug-likeness (QED) is 0.659. The molecule has 0 spiro atoms. The van der Waals surface area contributed by atoms with Gasteiger partial charge in [-0.1, -0.05) is 13.8 Å². The molecule has 2 unspecified atom stereocenters. The van der Waals surface area contributed by atoms with E-state index >= 15 is 0 Å². The fourth-order valence-electron chi connectivity index (χ4n) is 0.846. The van der Waals surface area contributed by atoms with Gasteiger partial charge < -0.3 is 5.32 Å². The Kier molecular flexibility index (Phi) is 6.87. The van der Waals surface area contributed by atoms with Crippen LogP contribution in [0.1, 0.15) is 27.2 Å². The Morgan fingerprint density at radius 2 is 2.09 bits per heavy atom. The number of hydrogen-bond acceptors (Lipinski definition) is 2. The van der Waals surface area contributed by atoms with E-state index in [1.54, 1.807) is 0 Å². The lowest BCUT2D eigenvalue weighted by Gasteiger charge is -2.11. The molecule has 3 heteroatoms. The van der Waals surface area contributed by atoms with E-state index < -0.39 is 10.8 Å². The molecule has 0 aromatic rings. The van der Waals surface area contributed by atoms with E-state index in [1.165, 1.54) is 0 Å². The van der Waals surface area contributed by atoms with Gasteiger partial charge in [0.2, 0.25) is 0 Å². The van der Waals surface area contributed by atoms with Crippen molar-refractivity contribution in [3.8, 4) is 0 Å². The summed E-state index contributed by atoms with van der Waals surface area (Å²) >= 11 is 0. The third kappa shape index (κ3) is 6.51. The fourth-order valence-corrected chi connectivity index (χ4v) is 1.76. The summed E-state index contributed by atoms with van der Waals surface area (Å²) in [7, 11) is -0.623. The maximum atomic E-state index is 11.1. The highest BCUT2D eigenvalue weighted by atomic mass is 32.2. The molecular weight excluding hydrogens is 158 g/mol. The second-order valence-electron chi connectivity index (χ2n) is 2.75. The highest BCUT2D eigenvalue weighted by Crippen LogP contribution is 1.88. The van der Waals surface area contributed by atoms with Crippen LogP contribution in [0.4, 0.5) is 0 Å². The van der Waals surface area contributed by atoms with Crippen LogP contribution in [0.5, 0.6) is 0 Å². The minimum atomic E-state index is -0.623. The molecule has 0 aliphatic heterocycles. The van der Waals surface area contributed by atoms with Gasteiger partial charge in [-0.15, -0.1) is 0 Å². The maximum absolute atomic E-state index is 11.1. The molecule has 0 saturated carbocycles. The van der Waals surface area contributed by atoms with Crippen molar-refractivity contribution in [2.24, 2.45) is 0 Å². The van der Waals surface area contributed by atoms with Crippen LogP contribution < -0.4 is 5.32 Å². The Morgan fingerprint density at radius 1 is 1.45 bits per heavy atom. The number of rotatable bonds is 6. The van der Waals surface area contributed by atoms with E-state index in [9.17, 15) is 4.21 Å². The lowest BCUT2D eigenvalue weighted by molar-refractivity contribution is 0.582. The van der Waals surface area contributed by atoms with Gasteiger partial charge in [-0.3, -0.25) is 4.21 Å². The predicted octanol–water partition coefficient (Wildman–Crippen LogP) is 1.14. The molecule has 2 atom stereocenters. The zero-order valence-corrected chi connectivity index (χ0v) is 8.54. The van der Waals surface area contributed by atoms with Crippen molar-refractivity contribution in [1.82, 2.24) is 5.32 Å². The molecule has 0 aliphatic carbocycles. The second-order valence-corrected chi connectivity index (χ2v) is 4.54. The predicted molar refractivity (Wildman–Crippen MR) is 51.3 cm³/mol. The molecule has 68 valence electrons. The molecule has 11 heavy (non-hydrogen) atoms. The van der Waals surface area contributed by atoms with Crippen LogP contribution in [-0.4, -0.2) is 28.3 Å². The van der Waals surface area contributed by atoms with Gasteiger partial charge >= 0.3 is 0 Å². The molecule has 0 bridgehead atoms. The van der Waals surface area contributed by atoms with Crippen molar-refractivity contribution < 1.29 is 4.21 Å². The van der Waals surface area contributed by atoms with Crippen molar-refractivity contribution in [3.05, 3.63) is 0 Å². The fraction of sp³-hybridized carbons (Fsp3) is 1.00. The smallest absolute Gasteiger partial charge is 0.0386 e. The summed E-state index contributed by atoms with van der Waals surface area (Å²) < 4.78 is 11.1. The third-order valence-electron chi connectivity index (χ3n) is 1.50. The van der Waals surface area contributed by atoms with Gasteiger partial charge in [-0.25, -0.2) is 0 Å². The van der Waals surface area contributed by atoms with Crippen molar-refractivity contribution >= 4 is 10.8 Å². The third-order valence-corrected chi connectivity index (χ3v) is 3.02. The summed E-state index contributed by atoms with van der Waals surface area (Å²) in [5.74, 6) is 1.56. The second kappa shape index (κ2) is 6.80. The van der Waals surface area contributed by atoms with Crippen LogP contribution in [0.15, 0.2) is 0 Å². The average Bonchev–Trinajstić information content (AvgIpc) is 2.00. The molecule has 0 aromatic carbocycles. The number of hydrogen-bond donors (Lipinski definition) is 1. The van der Waals surface area contributed by atoms with E-state index in [1.807, 2.05) is 6.92 Å². The van der Waals surface area contributed by atoms with Gasteiger partial charge in [0, 0.05) is 28.3 Å². The molecule has 0 aromatic heterocycles. The van der Waals surface area contributed by atoms with E-state index in [0.717, 1.165) is 24.5 Å². The van der Waals surface area contributed by atoms with Crippen molar-refractivity contribution in [2.75, 3.05) is 18.1 Å². The average molecular weight is 177 g/mol. The van der Waals surface area contributed by atoms with E-state index in [2.05, 4.69) is 19.2 Å². The van der Waals surface area contributed by atoms with Gasteiger partial charge in [-0.2, -0.15) is 0 Å². The number of nitrogens with one attached hydrogen (secondary N) is 1. The molecule has 0 heterocycles. The zero-order chi connectivity index (χ0) is 8.69. The van der Waals surface area contributed by atoms with Gasteiger partial charge in [0.05, 0.1) is 0 Å². The van der Waals surface area contributed by atoms with Crippen LogP contribution in [0.2, 0.25) is 0 Å². The Bertz CT molecular complexity index is 117. The van der Waals surface area contributed by atoms with Gasteiger partial charge in [0.15, 0.2) is 0 Å². The van der Waals surface area contributed by atoms with Crippen molar-refractivity contribution in [3.63, 3.8) is 0 Å². The van der Waals surface area contributed by atoms with Crippen molar-refractivity contribution in [1.29, 1.82) is 0 Å². The summed E-state index contributed by atoms with van der Waals surface area (Å²) in [5, 5.41) is 3.30. The van der Waals surface area contributed by atoms with Gasteiger partial charge in [-0.05, 0) is 19.9 Å². The van der Waals surface area contributed by atoms with Gasteiger partial charge in [0.1, 0.15) is 0 Å². The minimum Gasteiger partial charge on any atom is -0.313 e. The Labute approximate surface area is 72.2 Å². The Morgan fingerprint density at radius 3 is 2.55 bits per heavy atom. The Balaban J connectivity index is 3.35. The van der Waals surface area contributed by atoms with Gasteiger partial charge in [0.25, 0.3) is 0 Å². The highest BCUT2D eigenvalue weighted by molar-refractivity contribution is 7.84. The first-order valence-corrected chi connectivity index (χ1v) is 5.77. The summed E-state index contributed by atoms with van der Waals surface area (Å²) in [6.07, 6.45) is 1.14. The SMILES string of the molecule is CCCNC(C)CS(=O)CC. The van der Waals surface area contributed by atoms with E-state index in [-0.39, 0.29) is 0 Å². The normalized spacial score (nSPS) is 16.3. The van der Waals surface area contributed by atoms with Crippen LogP contribution in [-0.2, 0) is 10.8 Å². The molecule has 0 fully saturated rings. The highest BCUT2D eigenvalue weighted by Gasteiger charge is 2.03. The summed E-state index contributed by atoms with van der Waals surface area (Å²) in [6.45, 7) is 7.21. The van der Waals surface area contributed by atoms with Crippen LogP contribution >= 0.6 is 0 Å². The standard InChI is InChI=1S/C8H19NOS/c1-4-6-9-8(3)7-11(10)5-2/h8-9H,4-7H2,1-3H3. The van der Waals surface area contributed by atoms with E-state index in [4.69, 9.17) is 0 Å². The van der Waals surface area contributed by atoms with Crippen LogP contribution in [0.3, 0.4) is 0 Å². The molecule has 1 N–H and O–H groups in total. The Hall–Kier alpha value is 0.110. The minimum absolute atomic E-state index is 0.399. The largest absolute Gasteiger partial charge is 0.313 e. The molecule has 0 rings (SSSR count). The first-order chi connectivity index (χ1) is 5.20. The molecule has 0 amide bonds.